The quantitative estimate of drug-likeness (QED) is 0.201. The summed E-state index contributed by atoms with van der Waals surface area (Å²) in [5.74, 6) is 0.671. The fraction of sp³-hybridized carbons (Fsp3) is 0.125. The van der Waals surface area contributed by atoms with Crippen molar-refractivity contribution in [3.63, 3.8) is 0 Å². The first-order chi connectivity index (χ1) is 19.4. The number of carbonyl (C=O) groups is 1. The van der Waals surface area contributed by atoms with Crippen LogP contribution in [0, 0.1) is 18.3 Å². The summed E-state index contributed by atoms with van der Waals surface area (Å²) >= 11 is 5.97. The molecule has 0 bridgehead atoms. The Kier molecular flexibility index (Phi) is 7.63. The third-order valence-corrected chi connectivity index (χ3v) is 6.77. The smallest absolute Gasteiger partial charge is 0.343 e. The summed E-state index contributed by atoms with van der Waals surface area (Å²) in [6.07, 6.45) is 0. The highest BCUT2D eigenvalue weighted by atomic mass is 35.5. The van der Waals surface area contributed by atoms with Gasteiger partial charge in [0.15, 0.2) is 11.5 Å². The summed E-state index contributed by atoms with van der Waals surface area (Å²) in [5.41, 5.74) is 10.3. The monoisotopic (exact) mass is 552 g/mol. The van der Waals surface area contributed by atoms with Gasteiger partial charge in [0.1, 0.15) is 29.7 Å². The van der Waals surface area contributed by atoms with Crippen molar-refractivity contribution in [1.82, 2.24) is 0 Å². The molecule has 40 heavy (non-hydrogen) atoms. The first kappa shape index (κ1) is 26.7. The molecule has 0 saturated heterocycles. The number of hydrogen-bond donors (Lipinski definition) is 1. The van der Waals surface area contributed by atoms with Crippen LogP contribution in [0.4, 0.5) is 0 Å². The fourth-order valence-electron chi connectivity index (χ4n) is 4.42. The van der Waals surface area contributed by atoms with Gasteiger partial charge in [-0.2, -0.15) is 5.26 Å². The number of fused-ring (bicyclic) bond motifs is 1. The highest BCUT2D eigenvalue weighted by Crippen LogP contribution is 2.45. The van der Waals surface area contributed by atoms with Crippen molar-refractivity contribution in [2.75, 3.05) is 7.11 Å². The maximum Gasteiger partial charge on any atom is 0.343 e. The summed E-state index contributed by atoms with van der Waals surface area (Å²) in [7, 11) is 1.55. The van der Waals surface area contributed by atoms with Gasteiger partial charge in [-0.3, -0.25) is 0 Å². The number of nitrogens with two attached hydrogens (primary N) is 1. The van der Waals surface area contributed by atoms with Crippen molar-refractivity contribution < 1.29 is 23.7 Å². The van der Waals surface area contributed by atoms with Gasteiger partial charge in [0.25, 0.3) is 0 Å². The molecule has 0 amide bonds. The molecule has 0 aromatic heterocycles. The number of benzene rings is 4. The van der Waals surface area contributed by atoms with Crippen molar-refractivity contribution in [2.45, 2.75) is 19.4 Å². The van der Waals surface area contributed by atoms with Crippen LogP contribution in [-0.4, -0.2) is 13.1 Å². The van der Waals surface area contributed by atoms with Crippen molar-refractivity contribution in [3.8, 4) is 29.1 Å². The van der Waals surface area contributed by atoms with Gasteiger partial charge in [-0.1, -0.05) is 53.6 Å². The van der Waals surface area contributed by atoms with Crippen LogP contribution in [0.5, 0.6) is 23.0 Å². The molecule has 4 aromatic carbocycles. The number of ether oxygens (including phenoxy) is 4. The number of methoxy groups -OCH3 is 1. The average Bonchev–Trinajstić information content (AvgIpc) is 2.96. The van der Waals surface area contributed by atoms with Crippen molar-refractivity contribution in [1.29, 1.82) is 5.26 Å². The van der Waals surface area contributed by atoms with Crippen LogP contribution in [0.15, 0.2) is 96.4 Å². The second-order valence-corrected chi connectivity index (χ2v) is 9.64. The lowest BCUT2D eigenvalue weighted by Gasteiger charge is -2.27. The minimum Gasteiger partial charge on any atom is -0.493 e. The summed E-state index contributed by atoms with van der Waals surface area (Å²) in [6, 6.07) is 27.2. The van der Waals surface area contributed by atoms with Crippen LogP contribution >= 0.6 is 11.6 Å². The van der Waals surface area contributed by atoms with E-state index in [-0.39, 0.29) is 11.5 Å². The molecule has 1 aliphatic rings. The van der Waals surface area contributed by atoms with Gasteiger partial charge >= 0.3 is 5.97 Å². The molecule has 200 valence electrons. The zero-order valence-corrected chi connectivity index (χ0v) is 22.6. The largest absolute Gasteiger partial charge is 0.493 e. The van der Waals surface area contributed by atoms with Crippen molar-refractivity contribution >= 4 is 17.6 Å². The molecule has 1 heterocycles. The van der Waals surface area contributed by atoms with Gasteiger partial charge in [-0.05, 0) is 60.5 Å². The number of esters is 1. The van der Waals surface area contributed by atoms with Crippen LogP contribution < -0.4 is 24.7 Å². The van der Waals surface area contributed by atoms with E-state index in [9.17, 15) is 10.1 Å². The SMILES string of the molecule is COc1cc(C2C(C#N)=C(N)Oc3cc(OC(=O)c4ccc(C)cc4)ccc32)ccc1OCc1ccc(Cl)cc1. The number of nitrogens with zero attached hydrogens (tertiary/aromatic N) is 1. The van der Waals surface area contributed by atoms with Gasteiger partial charge in [0.2, 0.25) is 5.88 Å². The summed E-state index contributed by atoms with van der Waals surface area (Å²) in [4.78, 5) is 12.6. The molecule has 7 nitrogen and oxygen atoms in total. The molecule has 1 unspecified atom stereocenters. The Morgan fingerprint density at radius 1 is 1.00 bits per heavy atom. The van der Waals surface area contributed by atoms with Gasteiger partial charge in [0, 0.05) is 16.7 Å². The van der Waals surface area contributed by atoms with Crippen molar-refractivity contribution in [2.24, 2.45) is 5.73 Å². The number of aryl methyl sites for hydroxylation is 1. The molecule has 2 N–H and O–H groups in total. The Morgan fingerprint density at radius 2 is 1.75 bits per heavy atom. The van der Waals surface area contributed by atoms with Crippen LogP contribution in [0.25, 0.3) is 0 Å². The third-order valence-electron chi connectivity index (χ3n) is 6.52. The number of hydrogen-bond acceptors (Lipinski definition) is 7. The first-order valence-corrected chi connectivity index (χ1v) is 12.8. The fourth-order valence-corrected chi connectivity index (χ4v) is 4.55. The second kappa shape index (κ2) is 11.4. The predicted octanol–water partition coefficient (Wildman–Crippen LogP) is 6.67. The zero-order chi connectivity index (χ0) is 28.2. The number of allylic oxidation sites excluding steroid dienone is 1. The lowest BCUT2D eigenvalue weighted by Crippen LogP contribution is -2.21. The zero-order valence-electron chi connectivity index (χ0n) is 21.8. The Labute approximate surface area is 236 Å². The summed E-state index contributed by atoms with van der Waals surface area (Å²) < 4.78 is 23.0. The van der Waals surface area contributed by atoms with Crippen LogP contribution in [0.3, 0.4) is 0 Å². The average molecular weight is 553 g/mol. The van der Waals surface area contributed by atoms with E-state index < -0.39 is 11.9 Å². The normalized spacial score (nSPS) is 14.0. The van der Waals surface area contributed by atoms with Gasteiger partial charge in [0.05, 0.1) is 18.6 Å². The first-order valence-electron chi connectivity index (χ1n) is 12.4. The van der Waals surface area contributed by atoms with Crippen LogP contribution in [-0.2, 0) is 6.61 Å². The molecule has 0 aliphatic carbocycles. The molecule has 4 aromatic rings. The Hall–Kier alpha value is -4.93. The third kappa shape index (κ3) is 5.58. The molecule has 0 radical (unpaired) electrons. The maximum absolute atomic E-state index is 12.6. The minimum atomic E-state index is -0.533. The molecule has 8 heteroatoms. The van der Waals surface area contributed by atoms with E-state index in [1.807, 2.05) is 43.3 Å². The molecule has 0 saturated carbocycles. The van der Waals surface area contributed by atoms with Crippen molar-refractivity contribution in [3.05, 3.63) is 129 Å². The van der Waals surface area contributed by atoms with E-state index >= 15 is 0 Å². The van der Waals surface area contributed by atoms with E-state index in [0.717, 1.165) is 16.7 Å². The molecule has 1 atom stereocenters. The lowest BCUT2D eigenvalue weighted by atomic mass is 9.83. The Balaban J connectivity index is 1.42. The number of carbonyl (C=O) groups excluding carboxylic acids is 1. The van der Waals surface area contributed by atoms with E-state index in [4.69, 9.17) is 36.3 Å². The summed E-state index contributed by atoms with van der Waals surface area (Å²) in [6.45, 7) is 2.27. The maximum atomic E-state index is 12.6. The Morgan fingerprint density at radius 3 is 2.45 bits per heavy atom. The van der Waals surface area contributed by atoms with E-state index in [0.29, 0.717) is 45.8 Å². The second-order valence-electron chi connectivity index (χ2n) is 9.21. The van der Waals surface area contributed by atoms with E-state index in [2.05, 4.69) is 6.07 Å². The molecule has 0 spiro atoms. The lowest BCUT2D eigenvalue weighted by molar-refractivity contribution is 0.0734. The van der Waals surface area contributed by atoms with E-state index in [1.54, 1.807) is 55.6 Å². The minimum absolute atomic E-state index is 0.0240. The van der Waals surface area contributed by atoms with Gasteiger partial charge in [-0.25, -0.2) is 4.79 Å². The molecule has 1 aliphatic heterocycles. The Bertz CT molecular complexity index is 1640. The molecule has 5 rings (SSSR count). The number of rotatable bonds is 7. The molecular weight excluding hydrogens is 528 g/mol. The van der Waals surface area contributed by atoms with Crippen LogP contribution in [0.1, 0.15) is 38.5 Å². The van der Waals surface area contributed by atoms with E-state index in [1.165, 1.54) is 0 Å². The van der Waals surface area contributed by atoms with Gasteiger partial charge < -0.3 is 24.7 Å². The topological polar surface area (TPSA) is 104 Å². The molecular formula is C32H25ClN2O5. The highest BCUT2D eigenvalue weighted by molar-refractivity contribution is 6.30. The predicted molar refractivity (Wildman–Crippen MR) is 151 cm³/mol. The number of nitriles is 1. The standard InChI is InChI=1S/C32H25ClN2O5/c1-19-3-7-21(8-4-19)32(36)39-24-12-13-25-28(16-24)40-31(35)26(17-34)30(25)22-9-14-27(29(15-22)37-2)38-18-20-5-10-23(33)11-6-20/h3-16,30H,18,35H2,1-2H3. The summed E-state index contributed by atoms with van der Waals surface area (Å²) in [5, 5.41) is 10.6. The molecule has 0 fully saturated rings. The highest BCUT2D eigenvalue weighted by Gasteiger charge is 2.32. The van der Waals surface area contributed by atoms with Gasteiger partial charge in [-0.15, -0.1) is 0 Å². The number of halogens is 1. The van der Waals surface area contributed by atoms with Crippen LogP contribution in [0.2, 0.25) is 5.02 Å².